The van der Waals surface area contributed by atoms with Gasteiger partial charge in [0.1, 0.15) is 10.3 Å². The van der Waals surface area contributed by atoms with Crippen LogP contribution in [0.5, 0.6) is 0 Å². The van der Waals surface area contributed by atoms with Crippen LogP contribution in [-0.4, -0.2) is 36.6 Å². The molecule has 0 aliphatic heterocycles. The first kappa shape index (κ1) is 15.6. The fourth-order valence-corrected chi connectivity index (χ4v) is 3.79. The third kappa shape index (κ3) is 4.30. The molecule has 3 N–H and O–H groups in total. The van der Waals surface area contributed by atoms with Gasteiger partial charge in [-0.05, 0) is 18.6 Å². The van der Waals surface area contributed by atoms with Crippen molar-refractivity contribution in [2.75, 3.05) is 0 Å². The predicted molar refractivity (Wildman–Crippen MR) is 67.7 cm³/mol. The van der Waals surface area contributed by atoms with E-state index in [1.807, 2.05) is 11.6 Å². The van der Waals surface area contributed by atoms with Crippen LogP contribution in [0.3, 0.4) is 0 Å². The van der Waals surface area contributed by atoms with Crippen LogP contribution < -0.4 is 4.72 Å². The summed E-state index contributed by atoms with van der Waals surface area (Å²) in [5.74, 6) is -2.92. The molecule has 0 saturated heterocycles. The SMILES string of the molecule is CCc1ccc(S(=O)(=O)N[C@H](CC(=O)O)C(=O)O)s1. The number of thiophene rings is 1. The summed E-state index contributed by atoms with van der Waals surface area (Å²) in [6.45, 7) is 1.86. The van der Waals surface area contributed by atoms with Crippen molar-refractivity contribution in [3.8, 4) is 0 Å². The van der Waals surface area contributed by atoms with Gasteiger partial charge in [-0.3, -0.25) is 9.59 Å². The Morgan fingerprint density at radius 2 is 2.00 bits per heavy atom. The van der Waals surface area contributed by atoms with Crippen molar-refractivity contribution >= 4 is 33.3 Å². The number of carboxylic acid groups (broad SMARTS) is 2. The van der Waals surface area contributed by atoms with Gasteiger partial charge < -0.3 is 10.2 Å². The van der Waals surface area contributed by atoms with E-state index in [0.717, 1.165) is 16.2 Å². The Bertz CT molecular complexity index is 577. The fraction of sp³-hybridized carbons (Fsp3) is 0.400. The highest BCUT2D eigenvalue weighted by atomic mass is 32.2. The minimum atomic E-state index is -4.02. The van der Waals surface area contributed by atoms with E-state index < -0.39 is 34.4 Å². The van der Waals surface area contributed by atoms with Gasteiger partial charge in [-0.2, -0.15) is 4.72 Å². The van der Waals surface area contributed by atoms with Gasteiger partial charge in [-0.25, -0.2) is 8.42 Å². The topological polar surface area (TPSA) is 121 Å². The molecule has 19 heavy (non-hydrogen) atoms. The van der Waals surface area contributed by atoms with Crippen molar-refractivity contribution < 1.29 is 28.2 Å². The molecule has 0 bridgehead atoms. The maximum atomic E-state index is 11.9. The van der Waals surface area contributed by atoms with E-state index in [-0.39, 0.29) is 4.21 Å². The molecule has 0 unspecified atom stereocenters. The predicted octanol–water partition coefficient (Wildman–Crippen LogP) is 0.517. The Kier molecular flexibility index (Phi) is 5.04. The lowest BCUT2D eigenvalue weighted by atomic mass is 10.2. The molecular weight excluding hydrogens is 294 g/mol. The second-order valence-corrected chi connectivity index (χ2v) is 6.79. The monoisotopic (exact) mass is 307 g/mol. The zero-order valence-electron chi connectivity index (χ0n) is 9.99. The van der Waals surface area contributed by atoms with Gasteiger partial charge in [0.05, 0.1) is 6.42 Å². The van der Waals surface area contributed by atoms with Crippen LogP contribution in [0, 0.1) is 0 Å². The Balaban J connectivity index is 2.93. The molecule has 7 nitrogen and oxygen atoms in total. The summed E-state index contributed by atoms with van der Waals surface area (Å²) in [7, 11) is -4.02. The molecule has 0 aromatic carbocycles. The second-order valence-electron chi connectivity index (χ2n) is 3.68. The van der Waals surface area contributed by atoms with Crippen molar-refractivity contribution in [1.82, 2.24) is 4.72 Å². The van der Waals surface area contributed by atoms with E-state index >= 15 is 0 Å². The average molecular weight is 307 g/mol. The number of hydrogen-bond acceptors (Lipinski definition) is 5. The molecule has 9 heteroatoms. The van der Waals surface area contributed by atoms with Crippen LogP contribution >= 0.6 is 11.3 Å². The zero-order valence-corrected chi connectivity index (χ0v) is 11.6. The molecule has 1 aromatic heterocycles. The largest absolute Gasteiger partial charge is 0.481 e. The third-order valence-electron chi connectivity index (χ3n) is 2.22. The number of aryl methyl sites for hydroxylation is 1. The number of rotatable bonds is 7. The molecular formula is C10H13NO6S2. The van der Waals surface area contributed by atoms with Crippen LogP contribution in [0.1, 0.15) is 18.2 Å². The van der Waals surface area contributed by atoms with E-state index in [1.54, 1.807) is 6.07 Å². The lowest BCUT2D eigenvalue weighted by Gasteiger charge is -2.11. The van der Waals surface area contributed by atoms with Gasteiger partial charge in [-0.1, -0.05) is 6.92 Å². The van der Waals surface area contributed by atoms with Gasteiger partial charge in [0.15, 0.2) is 0 Å². The third-order valence-corrected chi connectivity index (χ3v) is 5.42. The van der Waals surface area contributed by atoms with Crippen molar-refractivity contribution in [2.45, 2.75) is 30.0 Å². The molecule has 1 aromatic rings. The molecule has 0 radical (unpaired) electrons. The summed E-state index contributed by atoms with van der Waals surface area (Å²) >= 11 is 1.02. The van der Waals surface area contributed by atoms with Crippen LogP contribution in [0.15, 0.2) is 16.3 Å². The normalized spacial score (nSPS) is 13.1. The Morgan fingerprint density at radius 3 is 2.42 bits per heavy atom. The number of hydrogen-bond donors (Lipinski definition) is 3. The molecule has 106 valence electrons. The fourth-order valence-electron chi connectivity index (χ4n) is 1.29. The highest BCUT2D eigenvalue weighted by Gasteiger charge is 2.28. The lowest BCUT2D eigenvalue weighted by Crippen LogP contribution is -2.41. The first-order valence-electron chi connectivity index (χ1n) is 5.32. The summed E-state index contributed by atoms with van der Waals surface area (Å²) in [6.07, 6.45) is -0.155. The molecule has 1 rings (SSSR count). The zero-order chi connectivity index (χ0) is 14.6. The standard InChI is InChI=1S/C10H13NO6S2/c1-2-6-3-4-9(18-6)19(16,17)11-7(10(14)15)5-8(12)13/h3-4,7,11H,2,5H2,1H3,(H,12,13)(H,14,15)/t7-/m1/s1. The van der Waals surface area contributed by atoms with Gasteiger partial charge in [-0.15, -0.1) is 11.3 Å². The highest BCUT2D eigenvalue weighted by Crippen LogP contribution is 2.22. The van der Waals surface area contributed by atoms with Crippen LogP contribution in [-0.2, 0) is 26.0 Å². The summed E-state index contributed by atoms with van der Waals surface area (Å²) in [6, 6.07) is 1.31. The van der Waals surface area contributed by atoms with Crippen molar-refractivity contribution in [1.29, 1.82) is 0 Å². The molecule has 0 aliphatic rings. The number of nitrogens with one attached hydrogen (secondary N) is 1. The quantitative estimate of drug-likeness (QED) is 0.675. The van der Waals surface area contributed by atoms with Crippen molar-refractivity contribution in [3.63, 3.8) is 0 Å². The van der Waals surface area contributed by atoms with E-state index in [0.29, 0.717) is 6.42 Å². The van der Waals surface area contributed by atoms with Crippen LogP contribution in [0.4, 0.5) is 0 Å². The molecule has 0 spiro atoms. The smallest absolute Gasteiger partial charge is 0.322 e. The second kappa shape index (κ2) is 6.13. The molecule has 0 amide bonds. The number of carbonyl (C=O) groups is 2. The van der Waals surface area contributed by atoms with Gasteiger partial charge >= 0.3 is 11.9 Å². The minimum Gasteiger partial charge on any atom is -0.481 e. The molecule has 1 heterocycles. The highest BCUT2D eigenvalue weighted by molar-refractivity contribution is 7.91. The number of carboxylic acids is 2. The number of aliphatic carboxylic acids is 2. The van der Waals surface area contributed by atoms with E-state index in [1.165, 1.54) is 6.07 Å². The summed E-state index contributed by atoms with van der Waals surface area (Å²) in [5.41, 5.74) is 0. The molecule has 0 aliphatic carbocycles. The molecule has 0 fully saturated rings. The van der Waals surface area contributed by atoms with Gasteiger partial charge in [0.2, 0.25) is 0 Å². The Labute approximate surface area is 113 Å². The van der Waals surface area contributed by atoms with Gasteiger partial charge in [0, 0.05) is 4.88 Å². The first-order valence-corrected chi connectivity index (χ1v) is 7.62. The lowest BCUT2D eigenvalue weighted by molar-refractivity contribution is -0.145. The van der Waals surface area contributed by atoms with Crippen LogP contribution in [0.2, 0.25) is 0 Å². The maximum absolute atomic E-state index is 11.9. The van der Waals surface area contributed by atoms with Gasteiger partial charge in [0.25, 0.3) is 10.0 Å². The van der Waals surface area contributed by atoms with Crippen LogP contribution in [0.25, 0.3) is 0 Å². The minimum absolute atomic E-state index is 0.0269. The Morgan fingerprint density at radius 1 is 1.37 bits per heavy atom. The Hall–Kier alpha value is -1.45. The van der Waals surface area contributed by atoms with E-state index in [2.05, 4.69) is 0 Å². The average Bonchev–Trinajstić information content (AvgIpc) is 2.76. The maximum Gasteiger partial charge on any atom is 0.322 e. The number of sulfonamides is 1. The summed E-state index contributed by atoms with van der Waals surface area (Å²) in [5, 5.41) is 17.3. The van der Waals surface area contributed by atoms with Crippen molar-refractivity contribution in [2.24, 2.45) is 0 Å². The first-order chi connectivity index (χ1) is 8.76. The summed E-state index contributed by atoms with van der Waals surface area (Å²) in [4.78, 5) is 22.1. The van der Waals surface area contributed by atoms with Crippen molar-refractivity contribution in [3.05, 3.63) is 17.0 Å². The molecule has 1 atom stereocenters. The van der Waals surface area contributed by atoms with E-state index in [9.17, 15) is 18.0 Å². The summed E-state index contributed by atoms with van der Waals surface area (Å²) < 4.78 is 25.7. The molecule has 0 saturated carbocycles. The van der Waals surface area contributed by atoms with E-state index in [4.69, 9.17) is 10.2 Å².